The molecule has 1 aromatic rings. The van der Waals surface area contributed by atoms with Gasteiger partial charge in [-0.25, -0.2) is 0 Å². The standard InChI is InChI=1S/C10H12N2/c1-6-3-9-10(11-5-6)7-4-8(7)12(9)2/h3,5,7-8H,4H2,1-2H3. The summed E-state index contributed by atoms with van der Waals surface area (Å²) in [7, 11) is 2.18. The van der Waals surface area contributed by atoms with Crippen LogP contribution < -0.4 is 4.90 Å². The molecule has 62 valence electrons. The Kier molecular flexibility index (Phi) is 0.978. The first-order valence-corrected chi connectivity index (χ1v) is 4.47. The zero-order valence-corrected chi connectivity index (χ0v) is 7.41. The van der Waals surface area contributed by atoms with Gasteiger partial charge in [0, 0.05) is 25.2 Å². The number of anilines is 1. The van der Waals surface area contributed by atoms with E-state index in [4.69, 9.17) is 0 Å². The quantitative estimate of drug-likeness (QED) is 0.574. The summed E-state index contributed by atoms with van der Waals surface area (Å²) in [5, 5.41) is 0. The van der Waals surface area contributed by atoms with Crippen LogP contribution in [0.2, 0.25) is 0 Å². The molecule has 0 spiro atoms. The van der Waals surface area contributed by atoms with Crippen molar-refractivity contribution < 1.29 is 0 Å². The number of pyridine rings is 1. The lowest BCUT2D eigenvalue weighted by atomic mass is 10.2. The Hall–Kier alpha value is -1.05. The van der Waals surface area contributed by atoms with E-state index in [1.165, 1.54) is 23.4 Å². The van der Waals surface area contributed by atoms with E-state index in [0.717, 1.165) is 12.0 Å². The average molecular weight is 160 g/mol. The van der Waals surface area contributed by atoms with Crippen molar-refractivity contribution in [3.8, 4) is 0 Å². The van der Waals surface area contributed by atoms with Crippen LogP contribution in [0.3, 0.4) is 0 Å². The molecule has 0 saturated heterocycles. The topological polar surface area (TPSA) is 16.1 Å². The molecule has 1 aliphatic heterocycles. The molecule has 0 N–H and O–H groups in total. The molecule has 2 aliphatic rings. The summed E-state index contributed by atoms with van der Waals surface area (Å²) in [4.78, 5) is 6.87. The second-order valence-electron chi connectivity index (χ2n) is 3.94. The fraction of sp³-hybridized carbons (Fsp3) is 0.500. The third-order valence-corrected chi connectivity index (χ3v) is 3.02. The Labute approximate surface area is 72.2 Å². The van der Waals surface area contributed by atoms with Crippen LogP contribution in [0.5, 0.6) is 0 Å². The Morgan fingerprint density at radius 1 is 1.58 bits per heavy atom. The van der Waals surface area contributed by atoms with E-state index < -0.39 is 0 Å². The van der Waals surface area contributed by atoms with Crippen LogP contribution >= 0.6 is 0 Å². The smallest absolute Gasteiger partial charge is 0.0689 e. The van der Waals surface area contributed by atoms with Gasteiger partial charge in [-0.1, -0.05) is 0 Å². The van der Waals surface area contributed by atoms with E-state index in [0.29, 0.717) is 0 Å². The van der Waals surface area contributed by atoms with Crippen molar-refractivity contribution in [2.75, 3.05) is 11.9 Å². The van der Waals surface area contributed by atoms with Crippen molar-refractivity contribution in [2.45, 2.75) is 25.3 Å². The van der Waals surface area contributed by atoms with Gasteiger partial charge >= 0.3 is 0 Å². The summed E-state index contributed by atoms with van der Waals surface area (Å²) < 4.78 is 0. The second-order valence-corrected chi connectivity index (χ2v) is 3.94. The maximum Gasteiger partial charge on any atom is 0.0689 e. The highest BCUT2D eigenvalue weighted by Crippen LogP contribution is 2.54. The van der Waals surface area contributed by atoms with Crippen molar-refractivity contribution in [1.29, 1.82) is 0 Å². The monoisotopic (exact) mass is 160 g/mol. The van der Waals surface area contributed by atoms with Gasteiger partial charge in [-0.15, -0.1) is 0 Å². The van der Waals surface area contributed by atoms with Gasteiger partial charge in [0.1, 0.15) is 0 Å². The summed E-state index contributed by atoms with van der Waals surface area (Å²) in [6, 6.07) is 3.02. The van der Waals surface area contributed by atoms with Crippen LogP contribution in [0, 0.1) is 6.92 Å². The minimum Gasteiger partial charge on any atom is -0.369 e. The summed E-state index contributed by atoms with van der Waals surface area (Å²) in [6.07, 6.45) is 3.30. The van der Waals surface area contributed by atoms with Crippen LogP contribution in [0.1, 0.15) is 23.6 Å². The van der Waals surface area contributed by atoms with E-state index in [-0.39, 0.29) is 0 Å². The molecule has 2 heterocycles. The van der Waals surface area contributed by atoms with E-state index >= 15 is 0 Å². The van der Waals surface area contributed by atoms with Gasteiger partial charge in [0.25, 0.3) is 0 Å². The van der Waals surface area contributed by atoms with Crippen molar-refractivity contribution in [3.63, 3.8) is 0 Å². The van der Waals surface area contributed by atoms with Crippen molar-refractivity contribution in [2.24, 2.45) is 0 Å². The minimum atomic E-state index is 0.755. The highest BCUT2D eigenvalue weighted by atomic mass is 15.2. The molecule has 12 heavy (non-hydrogen) atoms. The summed E-state index contributed by atoms with van der Waals surface area (Å²) in [5.74, 6) is 0.755. The zero-order valence-electron chi connectivity index (χ0n) is 7.41. The van der Waals surface area contributed by atoms with Gasteiger partial charge in [-0.3, -0.25) is 4.98 Å². The second kappa shape index (κ2) is 1.82. The largest absolute Gasteiger partial charge is 0.369 e. The first-order valence-electron chi connectivity index (χ1n) is 4.47. The van der Waals surface area contributed by atoms with E-state index in [9.17, 15) is 0 Å². The molecule has 0 aromatic carbocycles. The molecule has 2 unspecified atom stereocenters. The maximum atomic E-state index is 4.49. The summed E-state index contributed by atoms with van der Waals surface area (Å²) >= 11 is 0. The molecule has 3 rings (SSSR count). The van der Waals surface area contributed by atoms with Crippen molar-refractivity contribution >= 4 is 5.69 Å². The van der Waals surface area contributed by atoms with Gasteiger partial charge < -0.3 is 4.90 Å². The van der Waals surface area contributed by atoms with Crippen LogP contribution in [-0.2, 0) is 0 Å². The van der Waals surface area contributed by atoms with Gasteiger partial charge in [0.2, 0.25) is 0 Å². The zero-order chi connectivity index (χ0) is 8.29. The number of rotatable bonds is 0. The highest BCUT2D eigenvalue weighted by Gasteiger charge is 2.50. The Balaban J connectivity index is 2.20. The number of aromatic nitrogens is 1. The lowest BCUT2D eigenvalue weighted by Crippen LogP contribution is -2.16. The number of hydrogen-bond donors (Lipinski definition) is 0. The van der Waals surface area contributed by atoms with Gasteiger partial charge in [0.05, 0.1) is 11.4 Å². The molecule has 0 radical (unpaired) electrons. The molecular weight excluding hydrogens is 148 g/mol. The van der Waals surface area contributed by atoms with Crippen LogP contribution in [0.15, 0.2) is 12.3 Å². The molecular formula is C10H12N2. The normalized spacial score (nSPS) is 30.0. The van der Waals surface area contributed by atoms with Crippen LogP contribution in [0.4, 0.5) is 5.69 Å². The van der Waals surface area contributed by atoms with Crippen molar-refractivity contribution in [3.05, 3.63) is 23.5 Å². The Bertz CT molecular complexity index is 346. The summed E-state index contributed by atoms with van der Waals surface area (Å²) in [6.45, 7) is 2.10. The van der Waals surface area contributed by atoms with Gasteiger partial charge in [0.15, 0.2) is 0 Å². The lowest BCUT2D eigenvalue weighted by Gasteiger charge is -2.15. The average Bonchev–Trinajstić information content (AvgIpc) is 2.78. The molecule has 2 atom stereocenters. The number of hydrogen-bond acceptors (Lipinski definition) is 2. The minimum absolute atomic E-state index is 0.755. The predicted molar refractivity (Wildman–Crippen MR) is 48.5 cm³/mol. The first kappa shape index (κ1) is 6.46. The molecule has 0 bridgehead atoms. The molecule has 1 aromatic heterocycles. The summed E-state index contributed by atoms with van der Waals surface area (Å²) in [5.41, 5.74) is 3.95. The Morgan fingerprint density at radius 2 is 2.42 bits per heavy atom. The number of aryl methyl sites for hydroxylation is 1. The van der Waals surface area contributed by atoms with E-state index in [2.05, 4.69) is 29.9 Å². The van der Waals surface area contributed by atoms with Crippen molar-refractivity contribution in [1.82, 2.24) is 4.98 Å². The molecule has 1 saturated carbocycles. The first-order chi connectivity index (χ1) is 5.77. The van der Waals surface area contributed by atoms with Gasteiger partial charge in [-0.05, 0) is 25.0 Å². The van der Waals surface area contributed by atoms with Crippen LogP contribution in [0.25, 0.3) is 0 Å². The lowest BCUT2D eigenvalue weighted by molar-refractivity contribution is 0.936. The maximum absolute atomic E-state index is 4.49. The molecule has 0 amide bonds. The third kappa shape index (κ3) is 0.631. The van der Waals surface area contributed by atoms with E-state index in [1.807, 2.05) is 6.20 Å². The van der Waals surface area contributed by atoms with Crippen LogP contribution in [-0.4, -0.2) is 18.1 Å². The predicted octanol–water partition coefficient (Wildman–Crippen LogP) is 1.70. The van der Waals surface area contributed by atoms with Gasteiger partial charge in [-0.2, -0.15) is 0 Å². The molecule has 1 fully saturated rings. The number of nitrogens with zero attached hydrogens (tertiary/aromatic N) is 2. The van der Waals surface area contributed by atoms with E-state index in [1.54, 1.807) is 0 Å². The number of likely N-dealkylation sites (N-methyl/N-ethyl adjacent to an activating group) is 1. The SMILES string of the molecule is Cc1cnc2c(c1)N(C)C1CC21. The highest BCUT2D eigenvalue weighted by molar-refractivity contribution is 5.63. The Morgan fingerprint density at radius 3 is 3.25 bits per heavy atom. The fourth-order valence-corrected chi connectivity index (χ4v) is 2.21. The molecule has 2 nitrogen and oxygen atoms in total. The third-order valence-electron chi connectivity index (χ3n) is 3.02. The number of fused-ring (bicyclic) bond motifs is 3. The molecule has 2 heteroatoms. The fourth-order valence-electron chi connectivity index (χ4n) is 2.21. The molecule has 1 aliphatic carbocycles.